The molecule has 0 radical (unpaired) electrons. The summed E-state index contributed by atoms with van der Waals surface area (Å²) in [6.45, 7) is 0. The first kappa shape index (κ1) is 14.1. The molecule has 0 aliphatic carbocycles. The van der Waals surface area contributed by atoms with Gasteiger partial charge in [-0.2, -0.15) is 0 Å². The Morgan fingerprint density at radius 1 is 0.737 bits per heavy atom. The molecule has 1 aromatic heterocycles. The van der Waals surface area contributed by atoms with E-state index in [1.165, 1.54) is 21.5 Å². The SMILES string of the molecule is [O-][Cl+3]([O-])([O-])[O-].c1ccc2c(c1)ccc1cc[s+]cc12. The first-order valence-electron chi connectivity index (χ1n) is 5.24. The van der Waals surface area contributed by atoms with Crippen LogP contribution in [0.1, 0.15) is 0 Å². The van der Waals surface area contributed by atoms with E-state index in [9.17, 15) is 0 Å². The summed E-state index contributed by atoms with van der Waals surface area (Å²) >= 11 is 1.75. The summed E-state index contributed by atoms with van der Waals surface area (Å²) in [6, 6.07) is 15.1. The van der Waals surface area contributed by atoms with Gasteiger partial charge in [-0.3, -0.25) is 0 Å². The quantitative estimate of drug-likeness (QED) is 0.416. The van der Waals surface area contributed by atoms with Crippen LogP contribution in [-0.2, 0) is 0 Å². The van der Waals surface area contributed by atoms with Gasteiger partial charge in [0.05, 0.1) is 0 Å². The maximum Gasteiger partial charge on any atom is 0.212 e. The Labute approximate surface area is 115 Å². The van der Waals surface area contributed by atoms with Crippen LogP contribution in [0.25, 0.3) is 21.5 Å². The average molecular weight is 297 g/mol. The lowest BCUT2D eigenvalue weighted by atomic mass is 10.1. The second kappa shape index (κ2) is 5.75. The first-order chi connectivity index (χ1) is 8.95. The number of hydrogen-bond donors (Lipinski definition) is 0. The zero-order valence-electron chi connectivity index (χ0n) is 9.62. The molecule has 98 valence electrons. The van der Waals surface area contributed by atoms with E-state index in [0.717, 1.165) is 0 Å². The molecule has 0 saturated heterocycles. The molecule has 0 atom stereocenters. The molecule has 0 saturated carbocycles. The summed E-state index contributed by atoms with van der Waals surface area (Å²) in [4.78, 5) is 0. The Kier molecular flexibility index (Phi) is 4.26. The molecular weight excluding hydrogens is 288 g/mol. The van der Waals surface area contributed by atoms with E-state index in [-0.39, 0.29) is 0 Å². The topological polar surface area (TPSA) is 92.2 Å². The van der Waals surface area contributed by atoms with E-state index < -0.39 is 10.2 Å². The van der Waals surface area contributed by atoms with Gasteiger partial charge in [0, 0.05) is 11.5 Å². The summed E-state index contributed by atoms with van der Waals surface area (Å²) in [5.41, 5.74) is 0. The van der Waals surface area contributed by atoms with Crippen LogP contribution in [0.3, 0.4) is 0 Å². The molecule has 0 amide bonds. The fourth-order valence-electron chi connectivity index (χ4n) is 1.81. The van der Waals surface area contributed by atoms with Crippen LogP contribution in [0.5, 0.6) is 0 Å². The highest BCUT2D eigenvalue weighted by molar-refractivity contribution is 7.08. The molecule has 4 nitrogen and oxygen atoms in total. The van der Waals surface area contributed by atoms with Crippen molar-refractivity contribution in [2.75, 3.05) is 0 Å². The molecule has 0 aliphatic rings. The Morgan fingerprint density at radius 3 is 2.00 bits per heavy atom. The van der Waals surface area contributed by atoms with Gasteiger partial charge in [0.1, 0.15) is 0 Å². The number of rotatable bonds is 0. The van der Waals surface area contributed by atoms with E-state index in [2.05, 4.69) is 53.2 Å². The van der Waals surface area contributed by atoms with Crippen molar-refractivity contribution in [3.05, 3.63) is 53.2 Å². The summed E-state index contributed by atoms with van der Waals surface area (Å²) in [7, 11) is -4.94. The fourth-order valence-corrected chi connectivity index (χ4v) is 2.51. The molecule has 0 spiro atoms. The summed E-state index contributed by atoms with van der Waals surface area (Å²) in [5, 5.41) is 9.69. The molecule has 0 N–H and O–H groups in total. The number of fused-ring (bicyclic) bond motifs is 3. The van der Waals surface area contributed by atoms with Gasteiger partial charge in [0.25, 0.3) is 0 Å². The van der Waals surface area contributed by atoms with Crippen LogP contribution < -0.4 is 18.6 Å². The number of hydrogen-bond acceptors (Lipinski definition) is 4. The molecule has 0 unspecified atom stereocenters. The van der Waals surface area contributed by atoms with Crippen LogP contribution >= 0.6 is 11.3 Å². The van der Waals surface area contributed by atoms with E-state index in [1.54, 1.807) is 11.3 Å². The van der Waals surface area contributed by atoms with Crippen LogP contribution in [0.2, 0.25) is 0 Å². The highest BCUT2D eigenvalue weighted by atomic mass is 35.7. The molecule has 0 fully saturated rings. The summed E-state index contributed by atoms with van der Waals surface area (Å²) in [5.74, 6) is 0. The minimum absolute atomic E-state index is 1.32. The normalized spacial score (nSPS) is 11.2. The van der Waals surface area contributed by atoms with Crippen molar-refractivity contribution in [3.8, 4) is 0 Å². The van der Waals surface area contributed by atoms with Crippen LogP contribution in [0.15, 0.2) is 53.2 Å². The van der Waals surface area contributed by atoms with Crippen molar-refractivity contribution in [1.82, 2.24) is 0 Å². The molecule has 3 aromatic rings. The molecule has 1 heterocycles. The average Bonchev–Trinajstić information content (AvgIpc) is 2.37. The van der Waals surface area contributed by atoms with Crippen molar-refractivity contribution in [3.63, 3.8) is 0 Å². The van der Waals surface area contributed by atoms with E-state index >= 15 is 0 Å². The van der Waals surface area contributed by atoms with E-state index in [1.807, 2.05) is 0 Å². The van der Waals surface area contributed by atoms with Crippen molar-refractivity contribution in [1.29, 1.82) is 0 Å². The standard InChI is InChI=1S/C13H9S.ClHO4/c1-2-4-12-10(3-1)5-6-11-7-8-14-9-13(11)12;2-1(3,4)5/h1-9H;(H,2,3,4,5)/q+1;/p-1. The smallest absolute Gasteiger partial charge is 0.212 e. The molecule has 0 aliphatic heterocycles. The molecular formula is C13H9ClO4S. The van der Waals surface area contributed by atoms with Gasteiger partial charge in [-0.15, -0.1) is 10.2 Å². The van der Waals surface area contributed by atoms with Crippen molar-refractivity contribution < 1.29 is 28.9 Å². The first-order valence-corrected chi connectivity index (χ1v) is 7.41. The third-order valence-corrected chi connectivity index (χ3v) is 3.18. The third-order valence-electron chi connectivity index (χ3n) is 2.52. The zero-order valence-corrected chi connectivity index (χ0v) is 11.2. The molecule has 19 heavy (non-hydrogen) atoms. The van der Waals surface area contributed by atoms with Crippen LogP contribution in [0.4, 0.5) is 0 Å². The Balaban J connectivity index is 0.000000232. The van der Waals surface area contributed by atoms with E-state index in [0.29, 0.717) is 0 Å². The van der Waals surface area contributed by atoms with Crippen molar-refractivity contribution >= 4 is 32.9 Å². The lowest BCUT2D eigenvalue weighted by molar-refractivity contribution is -2.00. The fraction of sp³-hybridized carbons (Fsp3) is 0. The minimum Gasteiger partial charge on any atom is -0.222 e. The van der Waals surface area contributed by atoms with Gasteiger partial charge in [-0.05, 0) is 16.2 Å². The zero-order chi connectivity index (χ0) is 13.9. The highest BCUT2D eigenvalue weighted by Gasteiger charge is 2.02. The van der Waals surface area contributed by atoms with Crippen molar-refractivity contribution in [2.45, 2.75) is 0 Å². The monoisotopic (exact) mass is 296 g/mol. The second-order valence-corrected chi connectivity index (χ2v) is 5.26. The Bertz CT molecular complexity index is 636. The largest absolute Gasteiger partial charge is 0.222 e. The molecule has 3 rings (SSSR count). The van der Waals surface area contributed by atoms with Crippen LogP contribution in [0, 0.1) is 10.2 Å². The maximum atomic E-state index is 8.49. The maximum absolute atomic E-state index is 8.49. The number of halogens is 1. The lowest BCUT2D eigenvalue weighted by Gasteiger charge is -2.17. The van der Waals surface area contributed by atoms with Crippen molar-refractivity contribution in [2.24, 2.45) is 0 Å². The summed E-state index contributed by atoms with van der Waals surface area (Å²) in [6.07, 6.45) is 0. The second-order valence-electron chi connectivity index (χ2n) is 3.72. The number of benzene rings is 2. The highest BCUT2D eigenvalue weighted by Crippen LogP contribution is 2.25. The van der Waals surface area contributed by atoms with Gasteiger partial charge >= 0.3 is 0 Å². The lowest BCUT2D eigenvalue weighted by Crippen LogP contribution is -2.68. The van der Waals surface area contributed by atoms with Gasteiger partial charge in [0.2, 0.25) is 16.7 Å². The minimum atomic E-state index is -4.94. The predicted octanol–water partition coefficient (Wildman–Crippen LogP) is -0.420. The Morgan fingerprint density at radius 2 is 1.32 bits per heavy atom. The Hall–Kier alpha value is -1.34. The molecule has 2 aromatic carbocycles. The predicted molar refractivity (Wildman–Crippen MR) is 63.7 cm³/mol. The van der Waals surface area contributed by atoms with Gasteiger partial charge in [0.15, 0.2) is 5.38 Å². The molecule has 6 heteroatoms. The van der Waals surface area contributed by atoms with Gasteiger partial charge in [-0.25, -0.2) is 18.6 Å². The van der Waals surface area contributed by atoms with Gasteiger partial charge in [-0.1, -0.05) is 36.4 Å². The van der Waals surface area contributed by atoms with Crippen LogP contribution in [-0.4, -0.2) is 0 Å². The molecule has 0 bridgehead atoms. The van der Waals surface area contributed by atoms with Gasteiger partial charge < -0.3 is 0 Å². The van der Waals surface area contributed by atoms with E-state index in [4.69, 9.17) is 18.6 Å². The summed E-state index contributed by atoms with van der Waals surface area (Å²) < 4.78 is 34.0. The third kappa shape index (κ3) is 4.07.